The molecule has 0 unspecified atom stereocenters. The van der Waals surface area contributed by atoms with E-state index < -0.39 is 0 Å². The van der Waals surface area contributed by atoms with E-state index in [1.54, 1.807) is 44.5 Å². The molecule has 5 aliphatic carbocycles. The number of rotatable bonds is 44. The Labute approximate surface area is 692 Å². The molecule has 0 aliphatic heterocycles. The molecule has 596 valence electrons. The molecule has 0 amide bonds. The van der Waals surface area contributed by atoms with Gasteiger partial charge in [-0.15, -0.1) is 0 Å². The maximum atomic E-state index is 2.75. The van der Waals surface area contributed by atoms with Crippen LogP contribution < -0.4 is 0 Å². The van der Waals surface area contributed by atoms with Crippen molar-refractivity contribution in [2.24, 2.45) is 0 Å². The standard InChI is InChI=1S/C114H140/c1-9-17-25-37-67-111(68-38-26-18-10-2)103-53-35-33-49-93(103)95-61-55-83(77-105(95)111)85-57-63-97-99-65-59-89(81-109(99)113(107(97)79-85,71-41-29-21-13-5)72-42-30-22-14-6)91-51-45-47-87-76-102-88(75-101(87)91)48-46-52-92(102)90-60-66-100-98-64-58-86(80-108(98)114(110(100)82-90,73-43-31-23-15-7)74-44-32-24-16-8)84-56-62-96-94-50-34-36-54-104(94)112(106(96)78-84,69-39-27-19-11-3)70-40-28-20-12-4/h33-36,45-66,77-82H,9-32,37-44,67-76H2,1-8H3. The minimum Gasteiger partial charge on any atom is -0.0654 e. The van der Waals surface area contributed by atoms with Crippen molar-refractivity contribution in [2.75, 3.05) is 0 Å². The predicted octanol–water partition coefficient (Wildman–Crippen LogP) is 34.7. The molecule has 10 aromatic carbocycles. The van der Waals surface area contributed by atoms with Gasteiger partial charge in [-0.1, -0.05) is 419 Å². The van der Waals surface area contributed by atoms with Gasteiger partial charge in [-0.05, 0) is 256 Å². The Hall–Kier alpha value is -7.80. The van der Waals surface area contributed by atoms with Crippen LogP contribution in [-0.2, 0) is 34.5 Å². The van der Waals surface area contributed by atoms with Crippen LogP contribution in [-0.4, -0.2) is 0 Å². The summed E-state index contributed by atoms with van der Waals surface area (Å²) in [6.07, 6.45) is 52.9. The number of hydrogen-bond donors (Lipinski definition) is 0. The summed E-state index contributed by atoms with van der Waals surface area (Å²) < 4.78 is 0. The lowest BCUT2D eigenvalue weighted by Crippen LogP contribution is -2.26. The number of benzene rings is 10. The maximum Gasteiger partial charge on any atom is 0.0215 e. The molecule has 0 heterocycles. The molecule has 0 atom stereocenters. The zero-order chi connectivity index (χ0) is 78.5. The van der Waals surface area contributed by atoms with Gasteiger partial charge in [0, 0.05) is 21.7 Å². The fourth-order valence-electron chi connectivity index (χ4n) is 23.4. The first-order chi connectivity index (χ1) is 56.2. The second-order valence-electron chi connectivity index (χ2n) is 36.7. The summed E-state index contributed by atoms with van der Waals surface area (Å²) in [5.41, 5.74) is 41.9. The molecule has 0 saturated carbocycles. The Kier molecular flexibility index (Phi) is 26.9. The van der Waals surface area contributed by atoms with Crippen LogP contribution in [0.2, 0.25) is 0 Å². The molecule has 15 rings (SSSR count). The highest BCUT2D eigenvalue weighted by molar-refractivity contribution is 5.92. The molecule has 114 heavy (non-hydrogen) atoms. The lowest BCUT2D eigenvalue weighted by atomic mass is 9.69. The van der Waals surface area contributed by atoms with Crippen molar-refractivity contribution in [1.29, 1.82) is 0 Å². The molecule has 0 spiro atoms. The largest absolute Gasteiger partial charge is 0.0654 e. The molecular weight excluding hydrogens is 1370 g/mol. The summed E-state index contributed by atoms with van der Waals surface area (Å²) in [6.45, 7) is 19.0. The van der Waals surface area contributed by atoms with Crippen LogP contribution in [0, 0.1) is 0 Å². The van der Waals surface area contributed by atoms with Crippen LogP contribution in [0.15, 0.2) is 194 Å². The highest BCUT2D eigenvalue weighted by Gasteiger charge is 2.48. The molecule has 0 N–H and O–H groups in total. The van der Waals surface area contributed by atoms with Crippen LogP contribution >= 0.6 is 0 Å². The van der Waals surface area contributed by atoms with Gasteiger partial charge in [-0.3, -0.25) is 0 Å². The van der Waals surface area contributed by atoms with E-state index in [-0.39, 0.29) is 21.7 Å². The van der Waals surface area contributed by atoms with E-state index in [1.807, 2.05) is 0 Å². The molecule has 10 aromatic rings. The van der Waals surface area contributed by atoms with Crippen molar-refractivity contribution in [1.82, 2.24) is 0 Å². The summed E-state index contributed by atoms with van der Waals surface area (Å²) >= 11 is 0. The lowest BCUT2D eigenvalue weighted by Gasteiger charge is -2.34. The van der Waals surface area contributed by atoms with Crippen molar-refractivity contribution >= 4 is 0 Å². The number of fused-ring (bicyclic) bond motifs is 14. The van der Waals surface area contributed by atoms with E-state index in [2.05, 4.69) is 250 Å². The first-order valence-electron chi connectivity index (χ1n) is 47.5. The highest BCUT2D eigenvalue weighted by atomic mass is 14.5. The lowest BCUT2D eigenvalue weighted by molar-refractivity contribution is 0.401. The highest BCUT2D eigenvalue weighted by Crippen LogP contribution is 2.62. The van der Waals surface area contributed by atoms with E-state index in [0.717, 1.165) is 12.8 Å². The fourth-order valence-corrected chi connectivity index (χ4v) is 23.4. The van der Waals surface area contributed by atoms with Crippen LogP contribution in [0.1, 0.15) is 379 Å². The Morgan fingerprint density at radius 3 is 0.623 bits per heavy atom. The van der Waals surface area contributed by atoms with E-state index >= 15 is 0 Å². The Morgan fingerprint density at radius 2 is 0.377 bits per heavy atom. The average Bonchev–Trinajstić information content (AvgIpc) is 1.51. The SMILES string of the molecule is CCCCCCC1(CCCCCC)c2ccccc2-c2ccc(-c3ccc4c(c3)C(CCCCCC)(CCCCCC)c3cc(-c5cccc6c5Cc5cccc(-c7ccc8c(c7)C(CCCCCC)(CCCCCC)c7cc(-c9ccc%10c(c9)C(CCCCCC)(CCCCCC)c9ccccc9-%10)ccc7-8)c5C6)ccc3-4)cc21. The van der Waals surface area contributed by atoms with Crippen LogP contribution in [0.3, 0.4) is 0 Å². The van der Waals surface area contributed by atoms with Crippen LogP contribution in [0.4, 0.5) is 0 Å². The second kappa shape index (κ2) is 37.6. The van der Waals surface area contributed by atoms with E-state index in [1.165, 1.54) is 368 Å². The minimum absolute atomic E-state index is 0.0568. The Balaban J connectivity index is 0.778. The van der Waals surface area contributed by atoms with Crippen molar-refractivity contribution in [3.8, 4) is 89.0 Å². The molecule has 0 nitrogen and oxygen atoms in total. The van der Waals surface area contributed by atoms with Gasteiger partial charge in [0.25, 0.3) is 0 Å². The summed E-state index contributed by atoms with van der Waals surface area (Å²) in [5.74, 6) is 0. The smallest absolute Gasteiger partial charge is 0.0215 e. The third-order valence-electron chi connectivity index (χ3n) is 29.5. The van der Waals surface area contributed by atoms with E-state index in [0.29, 0.717) is 0 Å². The van der Waals surface area contributed by atoms with Crippen molar-refractivity contribution in [2.45, 2.75) is 347 Å². The van der Waals surface area contributed by atoms with Crippen molar-refractivity contribution in [3.63, 3.8) is 0 Å². The summed E-state index contributed by atoms with van der Waals surface area (Å²) in [7, 11) is 0. The third-order valence-corrected chi connectivity index (χ3v) is 29.5. The normalized spacial score (nSPS) is 14.9. The van der Waals surface area contributed by atoms with Crippen molar-refractivity contribution in [3.05, 3.63) is 261 Å². The summed E-state index contributed by atoms with van der Waals surface area (Å²) in [5, 5.41) is 0. The first-order valence-corrected chi connectivity index (χ1v) is 47.5. The molecule has 0 heteroatoms. The Morgan fingerprint density at radius 1 is 0.175 bits per heavy atom. The number of hydrogen-bond acceptors (Lipinski definition) is 0. The van der Waals surface area contributed by atoms with Gasteiger partial charge < -0.3 is 0 Å². The zero-order valence-corrected chi connectivity index (χ0v) is 72.2. The summed E-state index contributed by atoms with van der Waals surface area (Å²) in [4.78, 5) is 0. The molecular formula is C114H140. The molecule has 0 fully saturated rings. The molecule has 0 aromatic heterocycles. The van der Waals surface area contributed by atoms with Crippen LogP contribution in [0.5, 0.6) is 0 Å². The maximum absolute atomic E-state index is 2.75. The molecule has 5 aliphatic rings. The van der Waals surface area contributed by atoms with Gasteiger partial charge in [-0.25, -0.2) is 0 Å². The summed E-state index contributed by atoms with van der Waals surface area (Å²) in [6, 6.07) is 80.8. The Bertz CT molecular complexity index is 4540. The van der Waals surface area contributed by atoms with Gasteiger partial charge in [0.05, 0.1) is 0 Å². The number of unbranched alkanes of at least 4 members (excludes halogenated alkanes) is 24. The zero-order valence-electron chi connectivity index (χ0n) is 72.2. The average molecular weight is 1510 g/mol. The molecule has 0 bridgehead atoms. The van der Waals surface area contributed by atoms with Crippen LogP contribution in [0.25, 0.3) is 89.0 Å². The van der Waals surface area contributed by atoms with Gasteiger partial charge >= 0.3 is 0 Å². The first kappa shape index (κ1) is 81.3. The quantitative estimate of drug-likeness (QED) is 0.0334. The van der Waals surface area contributed by atoms with Crippen molar-refractivity contribution < 1.29 is 0 Å². The van der Waals surface area contributed by atoms with E-state index in [4.69, 9.17) is 0 Å². The van der Waals surface area contributed by atoms with Gasteiger partial charge in [0.1, 0.15) is 0 Å². The van der Waals surface area contributed by atoms with Gasteiger partial charge in [0.15, 0.2) is 0 Å². The third kappa shape index (κ3) is 15.9. The topological polar surface area (TPSA) is 0 Å². The molecule has 0 saturated heterocycles. The monoisotopic (exact) mass is 1510 g/mol. The fraction of sp³-hybridized carbons (Fsp3) is 0.474. The van der Waals surface area contributed by atoms with E-state index in [9.17, 15) is 0 Å². The second-order valence-corrected chi connectivity index (χ2v) is 36.7. The minimum atomic E-state index is -0.0598. The molecule has 0 radical (unpaired) electrons. The predicted molar refractivity (Wildman–Crippen MR) is 495 cm³/mol. The van der Waals surface area contributed by atoms with Gasteiger partial charge in [-0.2, -0.15) is 0 Å². The van der Waals surface area contributed by atoms with Gasteiger partial charge in [0.2, 0.25) is 0 Å².